The average molecular weight is 349 g/mol. The predicted octanol–water partition coefficient (Wildman–Crippen LogP) is 1.92. The van der Waals surface area contributed by atoms with Crippen LogP contribution < -0.4 is 4.74 Å². The van der Waals surface area contributed by atoms with Gasteiger partial charge in [0.1, 0.15) is 5.75 Å². The largest absolute Gasteiger partial charge is 0.494 e. The summed E-state index contributed by atoms with van der Waals surface area (Å²) in [6.45, 7) is 5.74. The van der Waals surface area contributed by atoms with Crippen LogP contribution in [0.1, 0.15) is 18.0 Å². The zero-order chi connectivity index (χ0) is 17.2. The maximum atomic E-state index is 11.4. The first-order valence-corrected chi connectivity index (χ1v) is 9.97. The monoisotopic (exact) mass is 349 g/mol. The first kappa shape index (κ1) is 17.0. The summed E-state index contributed by atoms with van der Waals surface area (Å²) in [5.41, 5.74) is 1.20. The number of sulfone groups is 1. The van der Waals surface area contributed by atoms with E-state index in [4.69, 9.17) is 4.74 Å². The smallest absolute Gasteiger partial charge is 0.175 e. The van der Waals surface area contributed by atoms with Crippen molar-refractivity contribution >= 4 is 9.84 Å². The number of nitrogens with zero attached hydrogens (tertiary/aromatic N) is 3. The fourth-order valence-electron chi connectivity index (χ4n) is 2.79. The summed E-state index contributed by atoms with van der Waals surface area (Å²) in [6.07, 6.45) is 6.13. The van der Waals surface area contributed by atoms with E-state index in [0.29, 0.717) is 23.3 Å². The fraction of sp³-hybridized carbons (Fsp3) is 0.471. The number of likely N-dealkylation sites (tertiary alicyclic amines) is 1. The quantitative estimate of drug-likeness (QED) is 0.715. The molecule has 1 fully saturated rings. The molecule has 0 saturated carbocycles. The van der Waals surface area contributed by atoms with Gasteiger partial charge in [-0.3, -0.25) is 9.58 Å². The third kappa shape index (κ3) is 4.15. The molecule has 1 aromatic heterocycles. The number of benzene rings is 1. The van der Waals surface area contributed by atoms with E-state index in [1.807, 2.05) is 10.9 Å². The van der Waals surface area contributed by atoms with Gasteiger partial charge in [-0.15, -0.1) is 0 Å². The van der Waals surface area contributed by atoms with E-state index in [-0.39, 0.29) is 0 Å². The molecule has 1 aliphatic heterocycles. The van der Waals surface area contributed by atoms with Crippen LogP contribution >= 0.6 is 0 Å². The van der Waals surface area contributed by atoms with Crippen molar-refractivity contribution in [3.8, 4) is 5.75 Å². The van der Waals surface area contributed by atoms with Crippen molar-refractivity contribution in [2.75, 3.05) is 32.5 Å². The fourth-order valence-corrected chi connectivity index (χ4v) is 3.42. The molecular formula is C17H23N3O3S. The summed E-state index contributed by atoms with van der Waals surface area (Å²) in [4.78, 5) is 2.70. The Hall–Kier alpha value is -1.86. The number of aryl methyl sites for hydroxylation is 1. The van der Waals surface area contributed by atoms with Crippen molar-refractivity contribution in [2.24, 2.45) is 0 Å². The molecule has 3 rings (SSSR count). The lowest BCUT2D eigenvalue weighted by Crippen LogP contribution is -2.48. The van der Waals surface area contributed by atoms with Crippen molar-refractivity contribution < 1.29 is 13.2 Å². The predicted molar refractivity (Wildman–Crippen MR) is 92.1 cm³/mol. The highest BCUT2D eigenvalue weighted by molar-refractivity contribution is 7.90. The van der Waals surface area contributed by atoms with E-state index in [0.717, 1.165) is 26.1 Å². The molecular weight excluding hydrogens is 326 g/mol. The van der Waals surface area contributed by atoms with Crippen LogP contribution in [0.3, 0.4) is 0 Å². The van der Waals surface area contributed by atoms with Crippen molar-refractivity contribution in [1.82, 2.24) is 14.7 Å². The van der Waals surface area contributed by atoms with Crippen LogP contribution in [0.4, 0.5) is 0 Å². The van der Waals surface area contributed by atoms with Crippen LogP contribution in [-0.4, -0.2) is 55.6 Å². The van der Waals surface area contributed by atoms with E-state index in [1.54, 1.807) is 24.3 Å². The van der Waals surface area contributed by atoms with E-state index >= 15 is 0 Å². The molecule has 0 amide bonds. The number of ether oxygens (including phenoxy) is 1. The summed E-state index contributed by atoms with van der Waals surface area (Å²) in [5, 5.41) is 4.36. The van der Waals surface area contributed by atoms with E-state index in [2.05, 4.69) is 23.1 Å². The van der Waals surface area contributed by atoms with Gasteiger partial charge in [0.15, 0.2) is 9.84 Å². The van der Waals surface area contributed by atoms with Crippen LogP contribution in [0.5, 0.6) is 5.75 Å². The van der Waals surface area contributed by atoms with Gasteiger partial charge in [-0.2, -0.15) is 5.10 Å². The van der Waals surface area contributed by atoms with Crippen molar-refractivity contribution in [2.45, 2.75) is 24.3 Å². The first-order valence-electron chi connectivity index (χ1n) is 8.08. The van der Waals surface area contributed by atoms with Crippen LogP contribution in [0.2, 0.25) is 0 Å². The van der Waals surface area contributed by atoms with Crippen LogP contribution in [0, 0.1) is 6.92 Å². The molecule has 1 aliphatic rings. The molecule has 2 heterocycles. The molecule has 130 valence electrons. The summed E-state index contributed by atoms with van der Waals surface area (Å²) in [6, 6.07) is 7.06. The lowest BCUT2D eigenvalue weighted by atomic mass is 10.1. The number of hydrogen-bond donors (Lipinski definition) is 0. The standard InChI is InChI=1S/C17H23N3O3S/c1-14-10-18-20(11-14)15-12-19(13-15)8-3-9-23-16-4-6-17(7-5-16)24(2,21)22/h4-7,10-11,15H,3,8-9,12-13H2,1-2H3. The molecule has 0 bridgehead atoms. The summed E-state index contributed by atoms with van der Waals surface area (Å²) < 4.78 is 30.5. The van der Waals surface area contributed by atoms with Crippen molar-refractivity contribution in [1.29, 1.82) is 0 Å². The van der Waals surface area contributed by atoms with E-state index in [1.165, 1.54) is 11.8 Å². The van der Waals surface area contributed by atoms with Gasteiger partial charge < -0.3 is 4.74 Å². The van der Waals surface area contributed by atoms with Gasteiger partial charge in [-0.1, -0.05) is 0 Å². The SMILES string of the molecule is Cc1cnn(C2CN(CCCOc3ccc(S(C)(=O)=O)cc3)C2)c1. The third-order valence-electron chi connectivity index (χ3n) is 4.18. The molecule has 7 heteroatoms. The number of hydrogen-bond acceptors (Lipinski definition) is 5. The molecule has 0 unspecified atom stereocenters. The second kappa shape index (κ2) is 6.94. The van der Waals surface area contributed by atoms with Crippen LogP contribution in [0.25, 0.3) is 0 Å². The highest BCUT2D eigenvalue weighted by Crippen LogP contribution is 2.21. The van der Waals surface area contributed by atoms with Gasteiger partial charge in [0.25, 0.3) is 0 Å². The molecule has 2 aromatic rings. The van der Waals surface area contributed by atoms with Gasteiger partial charge in [0.05, 0.1) is 23.7 Å². The Bertz CT molecular complexity index is 778. The molecule has 0 atom stereocenters. The molecule has 1 aromatic carbocycles. The minimum atomic E-state index is -3.15. The summed E-state index contributed by atoms with van der Waals surface area (Å²) in [5.74, 6) is 0.705. The Balaban J connectivity index is 1.35. The number of aromatic nitrogens is 2. The minimum Gasteiger partial charge on any atom is -0.494 e. The van der Waals surface area contributed by atoms with Gasteiger partial charge in [0, 0.05) is 32.1 Å². The lowest BCUT2D eigenvalue weighted by molar-refractivity contribution is 0.0918. The third-order valence-corrected chi connectivity index (χ3v) is 5.31. The molecule has 0 spiro atoms. The Labute approximate surface area is 143 Å². The molecule has 0 radical (unpaired) electrons. The zero-order valence-electron chi connectivity index (χ0n) is 14.1. The highest BCUT2D eigenvalue weighted by Gasteiger charge is 2.27. The molecule has 0 aliphatic carbocycles. The van der Waals surface area contributed by atoms with E-state index < -0.39 is 9.84 Å². The zero-order valence-corrected chi connectivity index (χ0v) is 14.9. The Morgan fingerprint density at radius 3 is 2.54 bits per heavy atom. The molecule has 24 heavy (non-hydrogen) atoms. The lowest BCUT2D eigenvalue weighted by Gasteiger charge is -2.39. The average Bonchev–Trinajstić information content (AvgIpc) is 2.90. The van der Waals surface area contributed by atoms with E-state index in [9.17, 15) is 8.42 Å². The van der Waals surface area contributed by atoms with Gasteiger partial charge in [0.2, 0.25) is 0 Å². The van der Waals surface area contributed by atoms with Crippen molar-refractivity contribution in [3.63, 3.8) is 0 Å². The maximum absolute atomic E-state index is 11.4. The van der Waals surface area contributed by atoms with Crippen LogP contribution in [-0.2, 0) is 9.84 Å². The van der Waals surface area contributed by atoms with Gasteiger partial charge in [-0.25, -0.2) is 8.42 Å². The Morgan fingerprint density at radius 2 is 1.96 bits per heavy atom. The second-order valence-corrected chi connectivity index (χ2v) is 8.37. The Morgan fingerprint density at radius 1 is 1.25 bits per heavy atom. The summed E-state index contributed by atoms with van der Waals surface area (Å²) >= 11 is 0. The minimum absolute atomic E-state index is 0.315. The highest BCUT2D eigenvalue weighted by atomic mass is 32.2. The second-order valence-electron chi connectivity index (χ2n) is 6.36. The Kier molecular flexibility index (Phi) is 4.91. The van der Waals surface area contributed by atoms with Gasteiger partial charge >= 0.3 is 0 Å². The van der Waals surface area contributed by atoms with Gasteiger partial charge in [-0.05, 0) is 43.2 Å². The first-order chi connectivity index (χ1) is 11.4. The molecule has 6 nitrogen and oxygen atoms in total. The maximum Gasteiger partial charge on any atom is 0.175 e. The normalized spacial score (nSPS) is 16.1. The van der Waals surface area contributed by atoms with Crippen molar-refractivity contribution in [3.05, 3.63) is 42.2 Å². The topological polar surface area (TPSA) is 64.4 Å². The van der Waals surface area contributed by atoms with Crippen LogP contribution in [0.15, 0.2) is 41.6 Å². The molecule has 1 saturated heterocycles. The molecule has 0 N–H and O–H groups in total. The summed E-state index contributed by atoms with van der Waals surface area (Å²) in [7, 11) is -3.15. The number of rotatable bonds is 7.